The van der Waals surface area contributed by atoms with Gasteiger partial charge in [0, 0.05) is 0 Å². The van der Waals surface area contributed by atoms with Crippen LogP contribution in [0.5, 0.6) is 0 Å². The molecule has 1 heterocycles. The molecule has 0 atom stereocenters. The molecule has 0 spiro atoms. The summed E-state index contributed by atoms with van der Waals surface area (Å²) in [7, 11) is 0. The molecular weight excluding hydrogens is 260 g/mol. The van der Waals surface area contributed by atoms with Gasteiger partial charge in [0.15, 0.2) is 0 Å². The first-order chi connectivity index (χ1) is 9.00. The van der Waals surface area contributed by atoms with Gasteiger partial charge in [-0.2, -0.15) is 0 Å². The molecule has 1 N–H and O–H groups in total. The number of halogens is 1. The minimum Gasteiger partial charge on any atom is -0.324 e. The normalized spacial score (nSPS) is 11.1. The van der Waals surface area contributed by atoms with Gasteiger partial charge in [-0.15, -0.1) is 0 Å². The Morgan fingerprint density at radius 1 is 1.16 bits per heavy atom. The van der Waals surface area contributed by atoms with Crippen LogP contribution in [0.2, 0.25) is 5.15 Å². The number of anilines is 1. The van der Waals surface area contributed by atoms with Crippen molar-refractivity contribution in [1.82, 2.24) is 4.98 Å². The summed E-state index contributed by atoms with van der Waals surface area (Å²) in [6, 6.07) is 13.0. The summed E-state index contributed by atoms with van der Waals surface area (Å²) in [5, 5.41) is 3.25. The molecule has 0 saturated carbocycles. The lowest BCUT2D eigenvalue weighted by Crippen LogP contribution is -2.34. The molecule has 0 radical (unpaired) electrons. The molecule has 2 rings (SSSR count). The lowest BCUT2D eigenvalue weighted by atomic mass is 9.84. The third kappa shape index (κ3) is 3.12. The molecule has 0 unspecified atom stereocenters. The van der Waals surface area contributed by atoms with Crippen molar-refractivity contribution in [2.75, 3.05) is 5.32 Å². The molecule has 0 aliphatic carbocycles. The van der Waals surface area contributed by atoms with Crippen LogP contribution in [0, 0.1) is 0 Å². The van der Waals surface area contributed by atoms with Gasteiger partial charge in [-0.1, -0.05) is 41.9 Å². The topological polar surface area (TPSA) is 42.0 Å². The van der Waals surface area contributed by atoms with E-state index in [4.69, 9.17) is 11.6 Å². The number of amides is 1. The van der Waals surface area contributed by atoms with E-state index in [-0.39, 0.29) is 5.91 Å². The van der Waals surface area contributed by atoms with E-state index in [0.29, 0.717) is 10.8 Å². The number of hydrogen-bond acceptors (Lipinski definition) is 2. The predicted octanol–water partition coefficient (Wildman–Crippen LogP) is 3.65. The molecule has 1 aromatic heterocycles. The number of rotatable bonds is 3. The van der Waals surface area contributed by atoms with Crippen molar-refractivity contribution in [3.63, 3.8) is 0 Å². The molecule has 0 bridgehead atoms. The Kier molecular flexibility index (Phi) is 3.86. The number of benzene rings is 1. The number of carbonyl (C=O) groups excluding carboxylic acids is 1. The molecule has 1 amide bonds. The van der Waals surface area contributed by atoms with Crippen molar-refractivity contribution in [2.24, 2.45) is 0 Å². The second kappa shape index (κ2) is 5.41. The van der Waals surface area contributed by atoms with Gasteiger partial charge in [0.05, 0.1) is 17.3 Å². The van der Waals surface area contributed by atoms with Crippen LogP contribution in [0.3, 0.4) is 0 Å². The largest absolute Gasteiger partial charge is 0.324 e. The molecule has 3 nitrogen and oxygen atoms in total. The molecule has 0 aliphatic heterocycles. The molecule has 1 aromatic carbocycles. The highest BCUT2D eigenvalue weighted by Crippen LogP contribution is 2.24. The fraction of sp³-hybridized carbons (Fsp3) is 0.200. The van der Waals surface area contributed by atoms with Gasteiger partial charge < -0.3 is 5.32 Å². The van der Waals surface area contributed by atoms with E-state index in [1.54, 1.807) is 18.3 Å². The second-order valence-electron chi connectivity index (χ2n) is 4.81. The number of pyridine rings is 1. The number of carbonyl (C=O) groups is 1. The number of nitrogens with zero attached hydrogens (tertiary/aromatic N) is 1. The monoisotopic (exact) mass is 274 g/mol. The van der Waals surface area contributed by atoms with Crippen LogP contribution in [0.15, 0.2) is 48.7 Å². The van der Waals surface area contributed by atoms with E-state index < -0.39 is 5.41 Å². The van der Waals surface area contributed by atoms with Gasteiger partial charge in [0.25, 0.3) is 0 Å². The molecular formula is C15H15ClN2O. The standard InChI is InChI=1S/C15H15ClN2O/c1-15(2,11-6-4-3-5-7-11)14(19)18-12-8-9-13(16)17-10-12/h3-10H,1-2H3,(H,18,19). The highest BCUT2D eigenvalue weighted by atomic mass is 35.5. The lowest BCUT2D eigenvalue weighted by Gasteiger charge is -2.24. The van der Waals surface area contributed by atoms with E-state index in [2.05, 4.69) is 10.3 Å². The number of aromatic nitrogens is 1. The van der Waals surface area contributed by atoms with Crippen LogP contribution in [0.4, 0.5) is 5.69 Å². The smallest absolute Gasteiger partial charge is 0.234 e. The van der Waals surface area contributed by atoms with Gasteiger partial charge in [-0.3, -0.25) is 4.79 Å². The van der Waals surface area contributed by atoms with E-state index in [9.17, 15) is 4.79 Å². The van der Waals surface area contributed by atoms with E-state index in [0.717, 1.165) is 5.56 Å². The van der Waals surface area contributed by atoms with Gasteiger partial charge in [0.1, 0.15) is 5.15 Å². The summed E-state index contributed by atoms with van der Waals surface area (Å²) in [6.07, 6.45) is 1.54. The maximum atomic E-state index is 12.3. The van der Waals surface area contributed by atoms with Crippen molar-refractivity contribution < 1.29 is 4.79 Å². The molecule has 0 aliphatic rings. The van der Waals surface area contributed by atoms with Crippen molar-refractivity contribution in [2.45, 2.75) is 19.3 Å². The average Bonchev–Trinajstić information content (AvgIpc) is 2.42. The zero-order chi connectivity index (χ0) is 13.9. The third-order valence-electron chi connectivity index (χ3n) is 3.05. The molecule has 0 saturated heterocycles. The Morgan fingerprint density at radius 2 is 1.84 bits per heavy atom. The summed E-state index contributed by atoms with van der Waals surface area (Å²) < 4.78 is 0. The molecule has 4 heteroatoms. The third-order valence-corrected chi connectivity index (χ3v) is 3.27. The molecule has 0 fully saturated rings. The fourth-order valence-corrected chi connectivity index (χ4v) is 1.83. The molecule has 19 heavy (non-hydrogen) atoms. The maximum Gasteiger partial charge on any atom is 0.234 e. The first kappa shape index (κ1) is 13.6. The van der Waals surface area contributed by atoms with Gasteiger partial charge in [-0.25, -0.2) is 4.98 Å². The lowest BCUT2D eigenvalue weighted by molar-refractivity contribution is -0.120. The predicted molar refractivity (Wildman–Crippen MR) is 77.3 cm³/mol. The Labute approximate surface area is 117 Å². The summed E-state index contributed by atoms with van der Waals surface area (Å²) in [5.74, 6) is -0.0807. The number of nitrogens with one attached hydrogen (secondary N) is 1. The van der Waals surface area contributed by atoms with Gasteiger partial charge in [-0.05, 0) is 31.5 Å². The highest BCUT2D eigenvalue weighted by Gasteiger charge is 2.29. The molecule has 98 valence electrons. The Bertz CT molecular complexity index is 564. The van der Waals surface area contributed by atoms with Crippen molar-refractivity contribution in [1.29, 1.82) is 0 Å². The van der Waals surface area contributed by atoms with E-state index >= 15 is 0 Å². The summed E-state index contributed by atoms with van der Waals surface area (Å²) in [5.41, 5.74) is 0.994. The Hall–Kier alpha value is -1.87. The summed E-state index contributed by atoms with van der Waals surface area (Å²) in [4.78, 5) is 16.3. The van der Waals surface area contributed by atoms with Crippen molar-refractivity contribution >= 4 is 23.2 Å². The van der Waals surface area contributed by atoms with Crippen LogP contribution in [0.25, 0.3) is 0 Å². The van der Waals surface area contributed by atoms with Crippen LogP contribution in [0.1, 0.15) is 19.4 Å². The van der Waals surface area contributed by atoms with Crippen LogP contribution in [-0.2, 0) is 10.2 Å². The number of hydrogen-bond donors (Lipinski definition) is 1. The van der Waals surface area contributed by atoms with Crippen LogP contribution in [-0.4, -0.2) is 10.9 Å². The minimum absolute atomic E-state index is 0.0807. The SMILES string of the molecule is CC(C)(C(=O)Nc1ccc(Cl)nc1)c1ccccc1. The first-order valence-corrected chi connectivity index (χ1v) is 6.36. The Balaban J connectivity index is 2.17. The second-order valence-corrected chi connectivity index (χ2v) is 5.20. The van der Waals surface area contributed by atoms with Gasteiger partial charge >= 0.3 is 0 Å². The van der Waals surface area contributed by atoms with Crippen molar-refractivity contribution in [3.05, 3.63) is 59.4 Å². The van der Waals surface area contributed by atoms with Crippen LogP contribution >= 0.6 is 11.6 Å². The highest BCUT2D eigenvalue weighted by molar-refractivity contribution is 6.29. The van der Waals surface area contributed by atoms with Crippen molar-refractivity contribution in [3.8, 4) is 0 Å². The minimum atomic E-state index is -0.610. The van der Waals surface area contributed by atoms with E-state index in [1.807, 2.05) is 44.2 Å². The quantitative estimate of drug-likeness (QED) is 0.868. The molecule has 2 aromatic rings. The Morgan fingerprint density at radius 3 is 2.42 bits per heavy atom. The average molecular weight is 275 g/mol. The summed E-state index contributed by atoms with van der Waals surface area (Å²) in [6.45, 7) is 3.78. The maximum absolute atomic E-state index is 12.3. The summed E-state index contributed by atoms with van der Waals surface area (Å²) >= 11 is 5.71. The fourth-order valence-electron chi connectivity index (χ4n) is 1.72. The first-order valence-electron chi connectivity index (χ1n) is 5.98. The van der Waals surface area contributed by atoms with Gasteiger partial charge in [0.2, 0.25) is 5.91 Å². The van der Waals surface area contributed by atoms with Crippen LogP contribution < -0.4 is 5.32 Å². The zero-order valence-electron chi connectivity index (χ0n) is 10.9. The zero-order valence-corrected chi connectivity index (χ0v) is 11.6. The van der Waals surface area contributed by atoms with E-state index in [1.165, 1.54) is 0 Å².